The van der Waals surface area contributed by atoms with Gasteiger partial charge in [-0.1, -0.05) is 12.1 Å². The van der Waals surface area contributed by atoms with Crippen molar-refractivity contribution < 1.29 is 14.3 Å². The SMILES string of the molecule is COc1cccc(CON=O)c1OC. The Hall–Kier alpha value is -1.78. The molecule has 0 aliphatic rings. The van der Waals surface area contributed by atoms with Crippen LogP contribution in [0.3, 0.4) is 0 Å². The standard InChI is InChI=1S/C9H11NO4/c1-12-8-5-3-4-7(6-14-10-11)9(8)13-2/h3-5H,6H2,1-2H3. The van der Waals surface area contributed by atoms with E-state index in [0.29, 0.717) is 17.1 Å². The molecule has 5 heteroatoms. The van der Waals surface area contributed by atoms with Gasteiger partial charge < -0.3 is 14.3 Å². The van der Waals surface area contributed by atoms with Crippen LogP contribution in [-0.4, -0.2) is 14.2 Å². The summed E-state index contributed by atoms with van der Waals surface area (Å²) in [4.78, 5) is 14.2. The van der Waals surface area contributed by atoms with E-state index in [4.69, 9.17) is 9.47 Å². The third-order valence-electron chi connectivity index (χ3n) is 1.76. The summed E-state index contributed by atoms with van der Waals surface area (Å²) >= 11 is 0. The molecule has 0 aliphatic heterocycles. The number of hydrogen-bond acceptors (Lipinski definition) is 5. The normalized spacial score (nSPS) is 9.29. The predicted molar refractivity (Wildman–Crippen MR) is 50.1 cm³/mol. The van der Waals surface area contributed by atoms with Crippen LogP contribution in [0.4, 0.5) is 0 Å². The minimum atomic E-state index is 0.0733. The van der Waals surface area contributed by atoms with E-state index in [9.17, 15) is 4.91 Å². The Morgan fingerprint density at radius 2 is 2.07 bits per heavy atom. The Balaban J connectivity index is 2.95. The smallest absolute Gasteiger partial charge is 0.167 e. The van der Waals surface area contributed by atoms with Crippen molar-refractivity contribution in [2.45, 2.75) is 6.61 Å². The van der Waals surface area contributed by atoms with Crippen molar-refractivity contribution in [3.8, 4) is 11.5 Å². The average molecular weight is 197 g/mol. The van der Waals surface area contributed by atoms with E-state index in [-0.39, 0.29) is 6.61 Å². The van der Waals surface area contributed by atoms with Crippen molar-refractivity contribution in [2.24, 2.45) is 5.34 Å². The summed E-state index contributed by atoms with van der Waals surface area (Å²) in [5, 5.41) is 2.32. The van der Waals surface area contributed by atoms with Crippen LogP contribution in [0.2, 0.25) is 0 Å². The minimum absolute atomic E-state index is 0.0733. The fraction of sp³-hybridized carbons (Fsp3) is 0.333. The van der Waals surface area contributed by atoms with Crippen molar-refractivity contribution in [1.29, 1.82) is 0 Å². The van der Waals surface area contributed by atoms with Crippen LogP contribution in [0.1, 0.15) is 5.56 Å². The molecular formula is C9H11NO4. The maximum absolute atomic E-state index is 9.79. The lowest BCUT2D eigenvalue weighted by Gasteiger charge is -2.10. The molecule has 0 aromatic heterocycles. The molecule has 0 aliphatic carbocycles. The molecule has 76 valence electrons. The van der Waals surface area contributed by atoms with Gasteiger partial charge in [0.05, 0.1) is 14.2 Å². The summed E-state index contributed by atoms with van der Waals surface area (Å²) in [5.74, 6) is 1.15. The Labute approximate surface area is 81.5 Å². The van der Waals surface area contributed by atoms with Gasteiger partial charge in [0, 0.05) is 5.56 Å². The molecule has 0 fully saturated rings. The lowest BCUT2D eigenvalue weighted by Crippen LogP contribution is -1.96. The van der Waals surface area contributed by atoms with Crippen molar-refractivity contribution >= 4 is 0 Å². The quantitative estimate of drug-likeness (QED) is 0.534. The molecule has 0 radical (unpaired) electrons. The zero-order valence-electron chi connectivity index (χ0n) is 8.02. The van der Waals surface area contributed by atoms with E-state index >= 15 is 0 Å². The molecule has 0 saturated heterocycles. The van der Waals surface area contributed by atoms with Gasteiger partial charge in [-0.3, -0.25) is 0 Å². The molecule has 0 bridgehead atoms. The molecule has 14 heavy (non-hydrogen) atoms. The monoisotopic (exact) mass is 197 g/mol. The summed E-state index contributed by atoms with van der Waals surface area (Å²) in [6.45, 7) is 0.0733. The van der Waals surface area contributed by atoms with Gasteiger partial charge in [-0.2, -0.15) is 0 Å². The van der Waals surface area contributed by atoms with E-state index in [1.807, 2.05) is 0 Å². The van der Waals surface area contributed by atoms with Crippen LogP contribution in [0, 0.1) is 4.91 Å². The second kappa shape index (κ2) is 5.06. The van der Waals surface area contributed by atoms with Crippen LogP contribution in [0.5, 0.6) is 11.5 Å². The van der Waals surface area contributed by atoms with Gasteiger partial charge >= 0.3 is 0 Å². The number of benzene rings is 1. The molecule has 1 rings (SSSR count). The molecule has 0 amide bonds. The molecule has 0 heterocycles. The zero-order valence-corrected chi connectivity index (χ0v) is 8.02. The highest BCUT2D eigenvalue weighted by molar-refractivity contribution is 5.46. The second-order valence-corrected chi connectivity index (χ2v) is 2.50. The number of hydrogen-bond donors (Lipinski definition) is 0. The molecule has 0 unspecified atom stereocenters. The predicted octanol–water partition coefficient (Wildman–Crippen LogP) is 1.90. The Kier molecular flexibility index (Phi) is 3.72. The number of para-hydroxylation sites is 1. The second-order valence-electron chi connectivity index (χ2n) is 2.50. The maximum atomic E-state index is 9.79. The lowest BCUT2D eigenvalue weighted by atomic mass is 10.2. The van der Waals surface area contributed by atoms with Crippen LogP contribution in [0.15, 0.2) is 23.5 Å². The lowest BCUT2D eigenvalue weighted by molar-refractivity contribution is 0.123. The van der Waals surface area contributed by atoms with Gasteiger partial charge in [-0.05, 0) is 6.07 Å². The van der Waals surface area contributed by atoms with Crippen LogP contribution < -0.4 is 9.47 Å². The largest absolute Gasteiger partial charge is 0.493 e. The minimum Gasteiger partial charge on any atom is -0.493 e. The number of methoxy groups -OCH3 is 2. The first kappa shape index (κ1) is 10.3. The summed E-state index contributed by atoms with van der Waals surface area (Å²) in [6.07, 6.45) is 0. The zero-order chi connectivity index (χ0) is 10.4. The van der Waals surface area contributed by atoms with E-state index < -0.39 is 0 Å². The first-order valence-electron chi connectivity index (χ1n) is 3.98. The third-order valence-corrected chi connectivity index (χ3v) is 1.76. The first-order chi connectivity index (χ1) is 6.83. The van der Waals surface area contributed by atoms with E-state index in [0.717, 1.165) is 0 Å². The Morgan fingerprint density at radius 1 is 1.29 bits per heavy atom. The Morgan fingerprint density at radius 3 is 2.64 bits per heavy atom. The molecule has 0 saturated carbocycles. The van der Waals surface area contributed by atoms with E-state index in [1.165, 1.54) is 7.11 Å². The van der Waals surface area contributed by atoms with Crippen LogP contribution in [0.25, 0.3) is 0 Å². The van der Waals surface area contributed by atoms with Gasteiger partial charge in [0.15, 0.2) is 16.8 Å². The summed E-state index contributed by atoms with van der Waals surface area (Å²) < 4.78 is 10.2. The highest BCUT2D eigenvalue weighted by atomic mass is 16.7. The van der Waals surface area contributed by atoms with E-state index in [1.54, 1.807) is 25.3 Å². The molecule has 1 aromatic carbocycles. The molecule has 0 N–H and O–H groups in total. The topological polar surface area (TPSA) is 57.1 Å². The molecule has 0 spiro atoms. The van der Waals surface area contributed by atoms with Crippen LogP contribution >= 0.6 is 0 Å². The highest BCUT2D eigenvalue weighted by Gasteiger charge is 2.09. The van der Waals surface area contributed by atoms with Crippen molar-refractivity contribution in [1.82, 2.24) is 0 Å². The summed E-state index contributed by atoms with van der Waals surface area (Å²) in [5.41, 5.74) is 0.714. The fourth-order valence-electron chi connectivity index (χ4n) is 1.16. The Bertz CT molecular complexity index is 314. The number of rotatable bonds is 5. The summed E-state index contributed by atoms with van der Waals surface area (Å²) in [7, 11) is 3.07. The van der Waals surface area contributed by atoms with Gasteiger partial charge in [0.1, 0.15) is 6.61 Å². The van der Waals surface area contributed by atoms with Gasteiger partial charge in [-0.15, -0.1) is 4.91 Å². The molecule has 5 nitrogen and oxygen atoms in total. The highest BCUT2D eigenvalue weighted by Crippen LogP contribution is 2.30. The number of ether oxygens (including phenoxy) is 2. The fourth-order valence-corrected chi connectivity index (χ4v) is 1.16. The summed E-state index contributed by atoms with van der Waals surface area (Å²) in [6, 6.07) is 5.31. The number of nitrogens with zero attached hydrogens (tertiary/aromatic N) is 1. The van der Waals surface area contributed by atoms with Gasteiger partial charge in [0.2, 0.25) is 0 Å². The van der Waals surface area contributed by atoms with Gasteiger partial charge in [0.25, 0.3) is 0 Å². The molecule has 1 aromatic rings. The van der Waals surface area contributed by atoms with Crippen molar-refractivity contribution in [2.75, 3.05) is 14.2 Å². The third kappa shape index (κ3) is 2.12. The maximum Gasteiger partial charge on any atom is 0.167 e. The molecular weight excluding hydrogens is 186 g/mol. The van der Waals surface area contributed by atoms with Crippen molar-refractivity contribution in [3.05, 3.63) is 28.7 Å². The van der Waals surface area contributed by atoms with E-state index in [2.05, 4.69) is 10.2 Å². The first-order valence-corrected chi connectivity index (χ1v) is 3.98. The molecule has 0 atom stereocenters. The van der Waals surface area contributed by atoms with Crippen LogP contribution in [-0.2, 0) is 11.4 Å². The van der Waals surface area contributed by atoms with Crippen molar-refractivity contribution in [3.63, 3.8) is 0 Å². The van der Waals surface area contributed by atoms with Gasteiger partial charge in [-0.25, -0.2) is 0 Å². The average Bonchev–Trinajstić information content (AvgIpc) is 2.25.